The maximum absolute atomic E-state index is 13.1. The summed E-state index contributed by atoms with van der Waals surface area (Å²) in [6.45, 7) is 1.67. The monoisotopic (exact) mass is 203 g/mol. The van der Waals surface area contributed by atoms with Crippen LogP contribution in [0.5, 0.6) is 0 Å². The Hall–Kier alpha value is -0.940. The van der Waals surface area contributed by atoms with Gasteiger partial charge in [-0.1, -0.05) is 13.0 Å². The third-order valence-corrected chi connectivity index (χ3v) is 2.73. The van der Waals surface area contributed by atoms with Gasteiger partial charge in [0.25, 0.3) is 0 Å². The molecule has 1 aromatic carbocycles. The van der Waals surface area contributed by atoms with Crippen LogP contribution in [0, 0.1) is 5.82 Å². The van der Waals surface area contributed by atoms with Crippen molar-refractivity contribution in [3.63, 3.8) is 0 Å². The van der Waals surface area contributed by atoms with Gasteiger partial charge >= 0.3 is 0 Å². The summed E-state index contributed by atoms with van der Waals surface area (Å²) >= 11 is 0. The van der Waals surface area contributed by atoms with Gasteiger partial charge in [0.15, 0.2) is 0 Å². The molecule has 0 aliphatic heterocycles. The summed E-state index contributed by atoms with van der Waals surface area (Å²) in [7, 11) is -3.81. The summed E-state index contributed by atoms with van der Waals surface area (Å²) in [6.07, 6.45) is 0.304. The zero-order valence-corrected chi connectivity index (χ0v) is 7.94. The maximum Gasteiger partial charge on any atom is 0.238 e. The van der Waals surface area contributed by atoms with E-state index in [-0.39, 0.29) is 10.5 Å². The largest absolute Gasteiger partial charge is 0.238 e. The molecule has 13 heavy (non-hydrogen) atoms. The van der Waals surface area contributed by atoms with Crippen molar-refractivity contribution in [1.29, 1.82) is 0 Å². The van der Waals surface area contributed by atoms with Crippen molar-refractivity contribution in [2.45, 2.75) is 18.2 Å². The van der Waals surface area contributed by atoms with Crippen LogP contribution in [0.1, 0.15) is 12.5 Å². The van der Waals surface area contributed by atoms with Gasteiger partial charge in [-0.2, -0.15) is 0 Å². The average Bonchev–Trinajstić information content (AvgIpc) is 2.02. The van der Waals surface area contributed by atoms with E-state index in [2.05, 4.69) is 0 Å². The van der Waals surface area contributed by atoms with Gasteiger partial charge in [0, 0.05) is 5.56 Å². The van der Waals surface area contributed by atoms with E-state index in [9.17, 15) is 12.8 Å². The van der Waals surface area contributed by atoms with Gasteiger partial charge in [0.2, 0.25) is 10.0 Å². The second-order valence-electron chi connectivity index (χ2n) is 2.62. The fraction of sp³-hybridized carbons (Fsp3) is 0.250. The van der Waals surface area contributed by atoms with Crippen LogP contribution in [0.2, 0.25) is 0 Å². The van der Waals surface area contributed by atoms with Crippen molar-refractivity contribution in [1.82, 2.24) is 0 Å². The van der Waals surface area contributed by atoms with Crippen molar-refractivity contribution >= 4 is 10.0 Å². The topological polar surface area (TPSA) is 60.2 Å². The van der Waals surface area contributed by atoms with Crippen LogP contribution < -0.4 is 5.14 Å². The normalized spacial score (nSPS) is 11.6. The van der Waals surface area contributed by atoms with Crippen LogP contribution in [0.3, 0.4) is 0 Å². The molecule has 0 radical (unpaired) electrons. The molecule has 72 valence electrons. The molecule has 1 aromatic rings. The third-order valence-electron chi connectivity index (χ3n) is 1.74. The van der Waals surface area contributed by atoms with Crippen LogP contribution in [0.25, 0.3) is 0 Å². The van der Waals surface area contributed by atoms with Gasteiger partial charge in [-0.05, 0) is 18.6 Å². The Morgan fingerprint density at radius 1 is 1.46 bits per heavy atom. The molecule has 5 heteroatoms. The molecule has 0 spiro atoms. The number of halogens is 1. The van der Waals surface area contributed by atoms with E-state index in [1.807, 2.05) is 0 Å². The van der Waals surface area contributed by atoms with Crippen molar-refractivity contribution in [3.8, 4) is 0 Å². The Morgan fingerprint density at radius 2 is 2.08 bits per heavy atom. The summed E-state index contributed by atoms with van der Waals surface area (Å²) in [5.41, 5.74) is 0.144. The van der Waals surface area contributed by atoms with Crippen molar-refractivity contribution in [2.24, 2.45) is 5.14 Å². The predicted octanol–water partition coefficient (Wildman–Crippen LogP) is 1.04. The van der Waals surface area contributed by atoms with Crippen molar-refractivity contribution < 1.29 is 12.8 Å². The van der Waals surface area contributed by atoms with Gasteiger partial charge in [-0.15, -0.1) is 0 Å². The summed E-state index contributed by atoms with van der Waals surface area (Å²) in [4.78, 5) is -0.130. The fourth-order valence-corrected chi connectivity index (χ4v) is 2.00. The highest BCUT2D eigenvalue weighted by atomic mass is 32.2. The molecular weight excluding hydrogens is 193 g/mol. The van der Waals surface area contributed by atoms with Gasteiger partial charge in [-0.3, -0.25) is 0 Å². The molecule has 0 aliphatic rings. The fourth-order valence-electron chi connectivity index (χ4n) is 1.15. The molecule has 0 heterocycles. The van der Waals surface area contributed by atoms with Gasteiger partial charge < -0.3 is 0 Å². The second kappa shape index (κ2) is 3.43. The predicted molar refractivity (Wildman–Crippen MR) is 47.2 cm³/mol. The smallest absolute Gasteiger partial charge is 0.225 e. The summed E-state index contributed by atoms with van der Waals surface area (Å²) in [6, 6.07) is 3.85. The number of benzene rings is 1. The van der Waals surface area contributed by atoms with Gasteiger partial charge in [-0.25, -0.2) is 17.9 Å². The molecule has 0 unspecified atom stereocenters. The quantitative estimate of drug-likeness (QED) is 0.780. The highest BCUT2D eigenvalue weighted by Crippen LogP contribution is 2.17. The number of hydrogen-bond acceptors (Lipinski definition) is 2. The zero-order valence-electron chi connectivity index (χ0n) is 7.12. The Balaban J connectivity index is 3.47. The molecule has 0 saturated carbocycles. The van der Waals surface area contributed by atoms with E-state index < -0.39 is 15.8 Å². The minimum absolute atomic E-state index is 0.130. The average molecular weight is 203 g/mol. The Bertz CT molecular complexity index is 414. The SMILES string of the molecule is CCc1c(F)cccc1S(N)(=O)=O. The van der Waals surface area contributed by atoms with E-state index in [4.69, 9.17) is 5.14 Å². The highest BCUT2D eigenvalue weighted by molar-refractivity contribution is 7.89. The number of hydrogen-bond donors (Lipinski definition) is 1. The molecule has 0 saturated heterocycles. The molecule has 0 atom stereocenters. The van der Waals surface area contributed by atoms with E-state index >= 15 is 0 Å². The first-order valence-electron chi connectivity index (χ1n) is 3.77. The lowest BCUT2D eigenvalue weighted by Crippen LogP contribution is -2.15. The zero-order chi connectivity index (χ0) is 10.1. The van der Waals surface area contributed by atoms with E-state index in [1.165, 1.54) is 18.2 Å². The van der Waals surface area contributed by atoms with Crippen molar-refractivity contribution in [2.75, 3.05) is 0 Å². The molecule has 0 aromatic heterocycles. The Morgan fingerprint density at radius 3 is 2.46 bits per heavy atom. The molecular formula is C8H10FNO2S. The molecule has 1 rings (SSSR count). The molecule has 0 bridgehead atoms. The standard InChI is InChI=1S/C8H10FNO2S/c1-2-6-7(9)4-3-5-8(6)13(10,11)12/h3-5H,2H2,1H3,(H2,10,11,12). The summed E-state index contributed by atoms with van der Waals surface area (Å²) in [5.74, 6) is -0.533. The number of nitrogens with two attached hydrogens (primary N) is 1. The first kappa shape index (κ1) is 10.1. The third kappa shape index (κ3) is 2.05. The molecule has 0 fully saturated rings. The number of primary sulfonamides is 1. The summed E-state index contributed by atoms with van der Waals surface area (Å²) in [5, 5.41) is 4.91. The first-order valence-corrected chi connectivity index (χ1v) is 5.31. The van der Waals surface area contributed by atoms with Gasteiger partial charge in [0.1, 0.15) is 5.82 Å². The molecule has 2 N–H and O–H groups in total. The minimum Gasteiger partial charge on any atom is -0.225 e. The number of rotatable bonds is 2. The van der Waals surface area contributed by atoms with Crippen LogP contribution >= 0.6 is 0 Å². The van der Waals surface area contributed by atoms with E-state index in [0.29, 0.717) is 6.42 Å². The lowest BCUT2D eigenvalue weighted by Gasteiger charge is -2.05. The summed E-state index contributed by atoms with van der Waals surface area (Å²) < 4.78 is 35.0. The van der Waals surface area contributed by atoms with Gasteiger partial charge in [0.05, 0.1) is 4.90 Å². The number of sulfonamides is 1. The molecule has 0 amide bonds. The second-order valence-corrected chi connectivity index (χ2v) is 4.14. The van der Waals surface area contributed by atoms with Crippen LogP contribution in [0.15, 0.2) is 23.1 Å². The molecule has 0 aliphatic carbocycles. The van der Waals surface area contributed by atoms with Crippen LogP contribution in [-0.2, 0) is 16.4 Å². The highest BCUT2D eigenvalue weighted by Gasteiger charge is 2.15. The lowest BCUT2D eigenvalue weighted by molar-refractivity contribution is 0.584. The van der Waals surface area contributed by atoms with Crippen LogP contribution in [0.4, 0.5) is 4.39 Å². The maximum atomic E-state index is 13.1. The Kier molecular flexibility index (Phi) is 2.68. The Labute approximate surface area is 76.4 Å². The van der Waals surface area contributed by atoms with E-state index in [0.717, 1.165) is 0 Å². The van der Waals surface area contributed by atoms with E-state index in [1.54, 1.807) is 6.92 Å². The lowest BCUT2D eigenvalue weighted by atomic mass is 10.1. The minimum atomic E-state index is -3.81. The van der Waals surface area contributed by atoms with Crippen molar-refractivity contribution in [3.05, 3.63) is 29.6 Å². The first-order chi connectivity index (χ1) is 5.96. The molecule has 3 nitrogen and oxygen atoms in total. The van der Waals surface area contributed by atoms with Crippen LogP contribution in [-0.4, -0.2) is 8.42 Å².